The fourth-order valence-corrected chi connectivity index (χ4v) is 1.90. The molecule has 4 heteroatoms. The van der Waals surface area contributed by atoms with E-state index in [1.165, 1.54) is 0 Å². The van der Waals surface area contributed by atoms with Crippen LogP contribution >= 0.6 is 0 Å². The van der Waals surface area contributed by atoms with Crippen LogP contribution in [-0.2, 0) is 0 Å². The lowest BCUT2D eigenvalue weighted by molar-refractivity contribution is 0.102. The zero-order valence-corrected chi connectivity index (χ0v) is 11.6. The van der Waals surface area contributed by atoms with Crippen molar-refractivity contribution in [3.63, 3.8) is 0 Å². The molecule has 0 fully saturated rings. The number of benzene rings is 2. The minimum absolute atomic E-state index is 0.268. The average molecular weight is 270 g/mol. The maximum Gasteiger partial charge on any atom is 0.261 e. The van der Waals surface area contributed by atoms with Crippen LogP contribution < -0.4 is 15.8 Å². The standard InChI is InChI=1S/C16H18N2O2/c1-3-20-14-6-4-5-13(17)15(14)16(19)18-12-9-7-11(2)8-10-12/h4-10H,3,17H2,1-2H3,(H,18,19). The lowest BCUT2D eigenvalue weighted by Gasteiger charge is -2.12. The molecule has 0 aliphatic rings. The van der Waals surface area contributed by atoms with Crippen LogP contribution in [0.3, 0.4) is 0 Å². The van der Waals surface area contributed by atoms with E-state index in [0.29, 0.717) is 23.6 Å². The second-order valence-corrected chi connectivity index (χ2v) is 4.47. The largest absolute Gasteiger partial charge is 0.493 e. The Hall–Kier alpha value is -2.49. The monoisotopic (exact) mass is 270 g/mol. The van der Waals surface area contributed by atoms with Gasteiger partial charge in [0, 0.05) is 11.4 Å². The minimum atomic E-state index is -0.268. The molecule has 2 rings (SSSR count). The Kier molecular flexibility index (Phi) is 4.25. The van der Waals surface area contributed by atoms with Gasteiger partial charge in [0.05, 0.1) is 6.61 Å². The molecule has 0 saturated heterocycles. The maximum atomic E-state index is 12.3. The van der Waals surface area contributed by atoms with Crippen LogP contribution in [0.2, 0.25) is 0 Å². The lowest BCUT2D eigenvalue weighted by atomic mass is 10.1. The number of aryl methyl sites for hydroxylation is 1. The quantitative estimate of drug-likeness (QED) is 0.838. The number of nitrogens with two attached hydrogens (primary N) is 1. The molecule has 0 saturated carbocycles. The van der Waals surface area contributed by atoms with Crippen LogP contribution in [0.4, 0.5) is 11.4 Å². The summed E-state index contributed by atoms with van der Waals surface area (Å²) in [6.45, 7) is 4.34. The molecule has 0 aliphatic heterocycles. The molecule has 20 heavy (non-hydrogen) atoms. The highest BCUT2D eigenvalue weighted by Gasteiger charge is 2.16. The summed E-state index contributed by atoms with van der Waals surface area (Å²) in [7, 11) is 0. The number of hydrogen-bond donors (Lipinski definition) is 2. The van der Waals surface area contributed by atoms with Gasteiger partial charge < -0.3 is 15.8 Å². The molecule has 104 valence electrons. The molecule has 3 N–H and O–H groups in total. The molecule has 0 aromatic heterocycles. The molecule has 4 nitrogen and oxygen atoms in total. The minimum Gasteiger partial charge on any atom is -0.493 e. The maximum absolute atomic E-state index is 12.3. The zero-order chi connectivity index (χ0) is 14.5. The Labute approximate surface area is 118 Å². The van der Waals surface area contributed by atoms with E-state index in [0.717, 1.165) is 11.3 Å². The van der Waals surface area contributed by atoms with Gasteiger partial charge in [-0.15, -0.1) is 0 Å². The number of nitrogens with one attached hydrogen (secondary N) is 1. The molecule has 0 atom stereocenters. The van der Waals surface area contributed by atoms with Crippen LogP contribution in [0.15, 0.2) is 42.5 Å². The number of anilines is 2. The van der Waals surface area contributed by atoms with Crippen molar-refractivity contribution in [2.75, 3.05) is 17.7 Å². The van der Waals surface area contributed by atoms with Gasteiger partial charge in [-0.25, -0.2) is 0 Å². The molecular weight excluding hydrogens is 252 g/mol. The number of nitrogen functional groups attached to an aromatic ring is 1. The summed E-state index contributed by atoms with van der Waals surface area (Å²) < 4.78 is 5.45. The van der Waals surface area contributed by atoms with Crippen LogP contribution in [-0.4, -0.2) is 12.5 Å². The van der Waals surface area contributed by atoms with E-state index in [4.69, 9.17) is 10.5 Å². The third-order valence-electron chi connectivity index (χ3n) is 2.89. The second kappa shape index (κ2) is 6.10. The first-order valence-electron chi connectivity index (χ1n) is 6.51. The number of carbonyl (C=O) groups is 1. The van der Waals surface area contributed by atoms with Gasteiger partial charge in [0.25, 0.3) is 5.91 Å². The Balaban J connectivity index is 2.26. The molecular formula is C16H18N2O2. The normalized spacial score (nSPS) is 10.1. The summed E-state index contributed by atoms with van der Waals surface area (Å²) in [4.78, 5) is 12.3. The molecule has 2 aromatic carbocycles. The Morgan fingerprint density at radius 1 is 1.20 bits per heavy atom. The van der Waals surface area contributed by atoms with Gasteiger partial charge in [0.2, 0.25) is 0 Å². The summed E-state index contributed by atoms with van der Waals surface area (Å²) in [6, 6.07) is 12.8. The highest BCUT2D eigenvalue weighted by atomic mass is 16.5. The van der Waals surface area contributed by atoms with Crippen molar-refractivity contribution in [3.8, 4) is 5.75 Å². The summed E-state index contributed by atoms with van der Waals surface area (Å²) in [5.41, 5.74) is 8.53. The van der Waals surface area contributed by atoms with Gasteiger partial charge in [-0.1, -0.05) is 23.8 Å². The van der Waals surface area contributed by atoms with Crippen LogP contribution in [0.5, 0.6) is 5.75 Å². The number of ether oxygens (including phenoxy) is 1. The molecule has 0 aliphatic carbocycles. The predicted octanol–water partition coefficient (Wildman–Crippen LogP) is 3.23. The molecule has 1 amide bonds. The molecule has 0 spiro atoms. The number of amides is 1. The third-order valence-corrected chi connectivity index (χ3v) is 2.89. The van der Waals surface area contributed by atoms with Crippen molar-refractivity contribution in [2.45, 2.75) is 13.8 Å². The number of hydrogen-bond acceptors (Lipinski definition) is 3. The van der Waals surface area contributed by atoms with Gasteiger partial charge >= 0.3 is 0 Å². The van der Waals surface area contributed by atoms with Crippen molar-refractivity contribution in [1.29, 1.82) is 0 Å². The van der Waals surface area contributed by atoms with E-state index in [2.05, 4.69) is 5.32 Å². The van der Waals surface area contributed by atoms with Crippen molar-refractivity contribution in [1.82, 2.24) is 0 Å². The van der Waals surface area contributed by atoms with Crippen LogP contribution in [0.25, 0.3) is 0 Å². The smallest absolute Gasteiger partial charge is 0.261 e. The Bertz CT molecular complexity index is 606. The summed E-state index contributed by atoms with van der Waals surface area (Å²) in [6.07, 6.45) is 0. The lowest BCUT2D eigenvalue weighted by Crippen LogP contribution is -2.15. The molecule has 2 aromatic rings. The van der Waals surface area contributed by atoms with E-state index in [9.17, 15) is 4.79 Å². The first-order chi connectivity index (χ1) is 9.61. The molecule has 0 unspecified atom stereocenters. The van der Waals surface area contributed by atoms with Gasteiger partial charge in [0.1, 0.15) is 11.3 Å². The average Bonchev–Trinajstić information content (AvgIpc) is 2.42. The predicted molar refractivity (Wildman–Crippen MR) is 81.2 cm³/mol. The Morgan fingerprint density at radius 3 is 2.55 bits per heavy atom. The SMILES string of the molecule is CCOc1cccc(N)c1C(=O)Nc1ccc(C)cc1. The summed E-state index contributed by atoms with van der Waals surface area (Å²) in [5, 5.41) is 2.83. The number of rotatable bonds is 4. The molecule has 0 heterocycles. The number of carbonyl (C=O) groups excluding carboxylic acids is 1. The van der Waals surface area contributed by atoms with Crippen molar-refractivity contribution < 1.29 is 9.53 Å². The first-order valence-corrected chi connectivity index (χ1v) is 6.51. The van der Waals surface area contributed by atoms with E-state index in [1.807, 2.05) is 38.1 Å². The fourth-order valence-electron chi connectivity index (χ4n) is 1.90. The topological polar surface area (TPSA) is 64.3 Å². The highest BCUT2D eigenvalue weighted by molar-refractivity contribution is 6.09. The first kappa shape index (κ1) is 13.9. The van der Waals surface area contributed by atoms with Crippen LogP contribution in [0, 0.1) is 6.92 Å². The highest BCUT2D eigenvalue weighted by Crippen LogP contribution is 2.25. The molecule has 0 bridgehead atoms. The zero-order valence-electron chi connectivity index (χ0n) is 11.6. The van der Waals surface area contributed by atoms with Crippen molar-refractivity contribution in [2.24, 2.45) is 0 Å². The van der Waals surface area contributed by atoms with E-state index in [1.54, 1.807) is 18.2 Å². The van der Waals surface area contributed by atoms with Gasteiger partial charge in [-0.2, -0.15) is 0 Å². The third kappa shape index (κ3) is 3.09. The molecule has 0 radical (unpaired) electrons. The summed E-state index contributed by atoms with van der Waals surface area (Å²) >= 11 is 0. The second-order valence-electron chi connectivity index (χ2n) is 4.47. The van der Waals surface area contributed by atoms with Gasteiger partial charge in [0.15, 0.2) is 0 Å². The van der Waals surface area contributed by atoms with Gasteiger partial charge in [-0.3, -0.25) is 4.79 Å². The van der Waals surface area contributed by atoms with Gasteiger partial charge in [-0.05, 0) is 38.1 Å². The fraction of sp³-hybridized carbons (Fsp3) is 0.188. The van der Waals surface area contributed by atoms with E-state index < -0.39 is 0 Å². The van der Waals surface area contributed by atoms with Crippen molar-refractivity contribution >= 4 is 17.3 Å². The van der Waals surface area contributed by atoms with Crippen molar-refractivity contribution in [3.05, 3.63) is 53.6 Å². The summed E-state index contributed by atoms with van der Waals surface area (Å²) in [5.74, 6) is 0.229. The van der Waals surface area contributed by atoms with E-state index in [-0.39, 0.29) is 5.91 Å². The van der Waals surface area contributed by atoms with Crippen LogP contribution in [0.1, 0.15) is 22.8 Å². The van der Waals surface area contributed by atoms with E-state index >= 15 is 0 Å². The Morgan fingerprint density at radius 2 is 1.90 bits per heavy atom.